The molecular formula is C19H20N6O6. The molecule has 3 N–H and O–H groups in total. The summed E-state index contributed by atoms with van der Waals surface area (Å²) < 4.78 is 15.6. The third-order valence-corrected chi connectivity index (χ3v) is 4.83. The number of ether oxygens (including phenoxy) is 2. The highest BCUT2D eigenvalue weighted by Gasteiger charge is 2.28. The first-order chi connectivity index (χ1) is 15.0. The molecule has 2 aromatic heterocycles. The smallest absolute Gasteiger partial charge is 0.439 e. The highest BCUT2D eigenvalue weighted by molar-refractivity contribution is 5.66. The van der Waals surface area contributed by atoms with Crippen LogP contribution in [0.1, 0.15) is 12.8 Å². The molecule has 0 radical (unpaired) electrons. The molecule has 0 saturated carbocycles. The van der Waals surface area contributed by atoms with Crippen LogP contribution in [-0.2, 0) is 0 Å². The van der Waals surface area contributed by atoms with Crippen LogP contribution in [0.2, 0.25) is 0 Å². The van der Waals surface area contributed by atoms with Crippen molar-refractivity contribution in [1.29, 1.82) is 0 Å². The van der Waals surface area contributed by atoms with E-state index in [4.69, 9.17) is 9.47 Å². The molecule has 1 saturated heterocycles. The average Bonchev–Trinajstić information content (AvgIpc) is 3.42. The van der Waals surface area contributed by atoms with Gasteiger partial charge in [0.2, 0.25) is 17.5 Å². The van der Waals surface area contributed by atoms with Crippen molar-refractivity contribution < 1.29 is 23.9 Å². The summed E-state index contributed by atoms with van der Waals surface area (Å²) in [7, 11) is 1.57. The Hall–Kier alpha value is -4.09. The number of amides is 1. The molecule has 3 heterocycles. The third-order valence-electron chi connectivity index (χ3n) is 4.83. The average molecular weight is 428 g/mol. The minimum atomic E-state index is -0.944. The van der Waals surface area contributed by atoms with Gasteiger partial charge in [-0.1, -0.05) is 5.16 Å². The fourth-order valence-corrected chi connectivity index (χ4v) is 3.29. The molecule has 12 heteroatoms. The van der Waals surface area contributed by atoms with Crippen LogP contribution in [0.3, 0.4) is 0 Å². The van der Waals surface area contributed by atoms with Gasteiger partial charge in [-0.25, -0.2) is 14.6 Å². The first kappa shape index (κ1) is 20.2. The molecule has 3 aromatic rings. The Morgan fingerprint density at radius 1 is 1.35 bits per heavy atom. The Balaban J connectivity index is 1.59. The maximum atomic E-state index is 11.4. The summed E-state index contributed by atoms with van der Waals surface area (Å²) in [6, 6.07) is 6.74. The largest absolute Gasteiger partial charge is 0.497 e. The van der Waals surface area contributed by atoms with Gasteiger partial charge >= 0.3 is 11.8 Å². The lowest BCUT2D eigenvalue weighted by molar-refractivity contribution is 0.142. The molecule has 0 bridgehead atoms. The number of carboxylic acid groups (broad SMARTS) is 1. The van der Waals surface area contributed by atoms with E-state index in [0.29, 0.717) is 30.3 Å². The molecule has 162 valence electrons. The minimum absolute atomic E-state index is 0.0592. The fraction of sp³-hybridized carbons (Fsp3) is 0.316. The van der Waals surface area contributed by atoms with Gasteiger partial charge in [0, 0.05) is 13.1 Å². The second-order valence-electron chi connectivity index (χ2n) is 6.79. The van der Waals surface area contributed by atoms with Gasteiger partial charge in [0.25, 0.3) is 0 Å². The molecule has 1 fully saturated rings. The van der Waals surface area contributed by atoms with Crippen LogP contribution in [0.25, 0.3) is 11.6 Å². The molecule has 1 aliphatic rings. The van der Waals surface area contributed by atoms with E-state index >= 15 is 0 Å². The first-order valence-corrected chi connectivity index (χ1v) is 9.52. The highest BCUT2D eigenvalue weighted by Crippen LogP contribution is 2.30. The number of carbonyl (C=O) groups is 1. The van der Waals surface area contributed by atoms with E-state index in [0.717, 1.165) is 12.8 Å². The van der Waals surface area contributed by atoms with Crippen molar-refractivity contribution in [1.82, 2.24) is 25.0 Å². The summed E-state index contributed by atoms with van der Waals surface area (Å²) >= 11 is 0. The van der Waals surface area contributed by atoms with Crippen LogP contribution in [-0.4, -0.2) is 62.4 Å². The van der Waals surface area contributed by atoms with E-state index < -0.39 is 11.8 Å². The van der Waals surface area contributed by atoms with Gasteiger partial charge in [-0.05, 0) is 37.1 Å². The maximum absolute atomic E-state index is 11.4. The number of benzene rings is 1. The van der Waals surface area contributed by atoms with Gasteiger partial charge in [-0.15, -0.1) is 0 Å². The minimum Gasteiger partial charge on any atom is -0.497 e. The second kappa shape index (κ2) is 8.73. The molecule has 12 nitrogen and oxygen atoms in total. The lowest BCUT2D eigenvalue weighted by Gasteiger charge is -2.22. The van der Waals surface area contributed by atoms with Gasteiger partial charge in [0.15, 0.2) is 0 Å². The molecule has 0 aliphatic carbocycles. The predicted octanol–water partition coefficient (Wildman–Crippen LogP) is 2.18. The monoisotopic (exact) mass is 428 g/mol. The van der Waals surface area contributed by atoms with Crippen LogP contribution in [0.15, 0.2) is 39.8 Å². The highest BCUT2D eigenvalue weighted by atomic mass is 16.5. The quantitative estimate of drug-likeness (QED) is 0.510. The number of aromatic nitrogens is 4. The van der Waals surface area contributed by atoms with Crippen molar-refractivity contribution in [3.05, 3.63) is 41.0 Å². The van der Waals surface area contributed by atoms with Crippen molar-refractivity contribution in [3.8, 4) is 29.0 Å². The molecule has 31 heavy (non-hydrogen) atoms. The molecule has 1 amide bonds. The van der Waals surface area contributed by atoms with Crippen LogP contribution in [0, 0.1) is 0 Å². The van der Waals surface area contributed by atoms with Crippen molar-refractivity contribution >= 4 is 11.8 Å². The fourth-order valence-electron chi connectivity index (χ4n) is 3.29. The summed E-state index contributed by atoms with van der Waals surface area (Å²) in [5, 5.41) is 16.1. The first-order valence-electron chi connectivity index (χ1n) is 9.52. The summed E-state index contributed by atoms with van der Waals surface area (Å²) in [4.78, 5) is 35.0. The molecular weight excluding hydrogens is 408 g/mol. The molecule has 1 unspecified atom stereocenters. The summed E-state index contributed by atoms with van der Waals surface area (Å²) in [5.41, 5.74) is 0.461. The van der Waals surface area contributed by atoms with Crippen molar-refractivity contribution in [3.63, 3.8) is 0 Å². The SMILES string of the molecule is COc1ccc(Oc2nc(-c3noc(=O)[nH]3)ncc2NCC2CCCN2C(=O)O)cc1. The van der Waals surface area contributed by atoms with Crippen LogP contribution in [0.5, 0.6) is 17.4 Å². The lowest BCUT2D eigenvalue weighted by Crippen LogP contribution is -2.38. The standard InChI is InChI=1S/C19H20N6O6/c1-29-12-4-6-13(7-5-12)30-17-14(20-9-11-3-2-8-25(11)19(27)28)10-21-15(22-17)16-23-18(26)31-24-16/h4-7,10-11,20H,2-3,8-9H2,1H3,(H,27,28)(H,23,24,26). The molecule has 1 aromatic carbocycles. The van der Waals surface area contributed by atoms with Crippen molar-refractivity contribution in [2.75, 3.05) is 25.5 Å². The van der Waals surface area contributed by atoms with E-state index in [-0.39, 0.29) is 23.6 Å². The van der Waals surface area contributed by atoms with E-state index in [1.165, 1.54) is 11.1 Å². The zero-order valence-corrected chi connectivity index (χ0v) is 16.6. The van der Waals surface area contributed by atoms with Gasteiger partial charge in [0.1, 0.15) is 17.2 Å². The van der Waals surface area contributed by atoms with Crippen molar-refractivity contribution in [2.45, 2.75) is 18.9 Å². The van der Waals surface area contributed by atoms with Crippen LogP contribution in [0.4, 0.5) is 10.5 Å². The zero-order chi connectivity index (χ0) is 21.8. The van der Waals surface area contributed by atoms with E-state index in [9.17, 15) is 14.7 Å². The number of H-pyrrole nitrogens is 1. The number of nitrogens with zero attached hydrogens (tertiary/aromatic N) is 4. The third kappa shape index (κ3) is 4.57. The Bertz CT molecular complexity index is 1110. The number of hydrogen-bond acceptors (Lipinski definition) is 9. The zero-order valence-electron chi connectivity index (χ0n) is 16.6. The Morgan fingerprint density at radius 3 is 2.81 bits per heavy atom. The molecule has 1 aliphatic heterocycles. The number of anilines is 1. The predicted molar refractivity (Wildman–Crippen MR) is 107 cm³/mol. The number of likely N-dealkylation sites (tertiary alicyclic amines) is 1. The number of hydrogen-bond donors (Lipinski definition) is 3. The normalized spacial score (nSPS) is 15.6. The summed E-state index contributed by atoms with van der Waals surface area (Å²) in [6.07, 6.45) is 2.10. The molecule has 0 spiro atoms. The number of aromatic amines is 1. The molecule has 4 rings (SSSR count). The summed E-state index contributed by atoms with van der Waals surface area (Å²) in [6.45, 7) is 0.876. The van der Waals surface area contributed by atoms with Gasteiger partial charge < -0.3 is 24.8 Å². The van der Waals surface area contributed by atoms with Crippen molar-refractivity contribution in [2.24, 2.45) is 0 Å². The van der Waals surface area contributed by atoms with Gasteiger partial charge in [0.05, 0.1) is 19.3 Å². The lowest BCUT2D eigenvalue weighted by atomic mass is 10.2. The summed E-state index contributed by atoms with van der Waals surface area (Å²) in [5.74, 6) is 0.781. The maximum Gasteiger partial charge on any atom is 0.439 e. The molecule has 1 atom stereocenters. The Kier molecular flexibility index (Phi) is 5.69. The van der Waals surface area contributed by atoms with Gasteiger partial charge in [-0.2, -0.15) is 4.98 Å². The topological polar surface area (TPSA) is 156 Å². The number of nitrogens with one attached hydrogen (secondary N) is 2. The van der Waals surface area contributed by atoms with E-state index in [1.807, 2.05) is 0 Å². The Labute approximate surface area is 175 Å². The van der Waals surface area contributed by atoms with E-state index in [1.54, 1.807) is 31.4 Å². The Morgan fingerprint density at radius 2 is 2.13 bits per heavy atom. The van der Waals surface area contributed by atoms with Gasteiger partial charge in [-0.3, -0.25) is 9.51 Å². The number of rotatable bonds is 7. The number of methoxy groups -OCH3 is 1. The van der Waals surface area contributed by atoms with Crippen LogP contribution < -0.4 is 20.5 Å². The second-order valence-corrected chi connectivity index (χ2v) is 6.79. The van der Waals surface area contributed by atoms with Crippen LogP contribution >= 0.6 is 0 Å². The van der Waals surface area contributed by atoms with E-state index in [2.05, 4.69) is 29.9 Å².